The number of fused-ring (bicyclic) bond motifs is 4. The molecule has 14 heavy (non-hydrogen) atoms. The molecule has 0 heterocycles. The molecule has 0 spiro atoms. The zero-order valence-electron chi connectivity index (χ0n) is 9.38. The third-order valence-electron chi connectivity index (χ3n) is 5.27. The summed E-state index contributed by atoms with van der Waals surface area (Å²) in [6.45, 7) is 0. The van der Waals surface area contributed by atoms with E-state index >= 15 is 0 Å². The Morgan fingerprint density at radius 3 is 0.643 bits per heavy atom. The van der Waals surface area contributed by atoms with Crippen LogP contribution in [0, 0.1) is 23.7 Å². The Labute approximate surface area is 88.5 Å². The largest absolute Gasteiger partial charge is 0.0502 e. The molecular formula is C14H24. The van der Waals surface area contributed by atoms with Gasteiger partial charge in [-0.25, -0.2) is 0 Å². The fourth-order valence-corrected chi connectivity index (χ4v) is 4.35. The molecule has 4 aliphatic rings. The zero-order valence-corrected chi connectivity index (χ0v) is 9.38. The number of hydrogen-bond donors (Lipinski definition) is 0. The smallest absolute Gasteiger partial charge is 0.0411 e. The fraction of sp³-hybridized carbons (Fsp3) is 1.00. The maximum Gasteiger partial charge on any atom is -0.0411 e. The van der Waals surface area contributed by atoms with Crippen LogP contribution in [-0.2, 0) is 0 Å². The monoisotopic (exact) mass is 192 g/mol. The van der Waals surface area contributed by atoms with E-state index in [1.54, 1.807) is 64.2 Å². The summed E-state index contributed by atoms with van der Waals surface area (Å²) in [4.78, 5) is 0. The van der Waals surface area contributed by atoms with Gasteiger partial charge in [-0.05, 0) is 36.5 Å². The summed E-state index contributed by atoms with van der Waals surface area (Å²) in [5, 5.41) is 0. The van der Waals surface area contributed by atoms with Crippen LogP contribution in [0.2, 0.25) is 0 Å². The molecule has 0 saturated heterocycles. The van der Waals surface area contributed by atoms with Crippen molar-refractivity contribution in [3.63, 3.8) is 0 Å². The van der Waals surface area contributed by atoms with Crippen molar-refractivity contribution in [2.24, 2.45) is 23.7 Å². The van der Waals surface area contributed by atoms with Gasteiger partial charge in [-0.3, -0.25) is 0 Å². The van der Waals surface area contributed by atoms with Gasteiger partial charge < -0.3 is 0 Å². The molecule has 0 atom stereocenters. The van der Waals surface area contributed by atoms with Gasteiger partial charge in [0.25, 0.3) is 0 Å². The van der Waals surface area contributed by atoms with Crippen molar-refractivity contribution < 1.29 is 0 Å². The summed E-state index contributed by atoms with van der Waals surface area (Å²) >= 11 is 0. The molecule has 0 unspecified atom stereocenters. The molecule has 0 amide bonds. The molecule has 0 aromatic carbocycles. The molecule has 0 aromatic rings. The first-order valence-corrected chi connectivity index (χ1v) is 6.90. The highest BCUT2D eigenvalue weighted by Crippen LogP contribution is 2.44. The quantitative estimate of drug-likeness (QED) is 0.534. The SMILES string of the molecule is C1CC2CCC1C2.C1CC2CCC1C2. The van der Waals surface area contributed by atoms with Gasteiger partial charge >= 0.3 is 0 Å². The topological polar surface area (TPSA) is 0 Å². The van der Waals surface area contributed by atoms with Gasteiger partial charge in [-0.1, -0.05) is 51.4 Å². The lowest BCUT2D eigenvalue weighted by Crippen LogP contribution is -1.90. The predicted molar refractivity (Wildman–Crippen MR) is 60.1 cm³/mol. The second-order valence-electron chi connectivity index (χ2n) is 6.24. The molecule has 0 heteroatoms. The first-order valence-electron chi connectivity index (χ1n) is 6.90. The van der Waals surface area contributed by atoms with Crippen molar-refractivity contribution in [2.75, 3.05) is 0 Å². The van der Waals surface area contributed by atoms with Gasteiger partial charge in [-0.2, -0.15) is 0 Å². The molecule has 0 radical (unpaired) electrons. The second-order valence-corrected chi connectivity index (χ2v) is 6.24. The van der Waals surface area contributed by atoms with Crippen LogP contribution in [0.4, 0.5) is 0 Å². The molecular weight excluding hydrogens is 168 g/mol. The predicted octanol–water partition coefficient (Wildman–Crippen LogP) is 4.39. The Kier molecular flexibility index (Phi) is 2.55. The third-order valence-corrected chi connectivity index (χ3v) is 5.27. The Bertz CT molecular complexity index is 138. The molecule has 4 fully saturated rings. The summed E-state index contributed by atoms with van der Waals surface area (Å²) in [6.07, 6.45) is 15.6. The zero-order chi connectivity index (χ0) is 9.38. The summed E-state index contributed by atoms with van der Waals surface area (Å²) in [6, 6.07) is 0. The lowest BCUT2D eigenvalue weighted by molar-refractivity contribution is 0.480. The molecule has 0 aliphatic heterocycles. The van der Waals surface area contributed by atoms with Gasteiger partial charge in [0.05, 0.1) is 0 Å². The Morgan fingerprint density at radius 1 is 0.357 bits per heavy atom. The van der Waals surface area contributed by atoms with Crippen LogP contribution in [0.3, 0.4) is 0 Å². The molecule has 80 valence electrons. The standard InChI is InChI=1S/2C7H12/c2*1-2-7-4-3-6(1)5-7/h2*6-7H,1-5H2. The van der Waals surface area contributed by atoms with Gasteiger partial charge in [0.1, 0.15) is 0 Å². The van der Waals surface area contributed by atoms with Crippen molar-refractivity contribution in [3.8, 4) is 0 Å². The summed E-state index contributed by atoms with van der Waals surface area (Å²) in [5.41, 5.74) is 0. The van der Waals surface area contributed by atoms with Gasteiger partial charge in [0, 0.05) is 0 Å². The second kappa shape index (κ2) is 3.87. The molecule has 4 aliphatic carbocycles. The van der Waals surface area contributed by atoms with E-state index < -0.39 is 0 Å². The highest BCUT2D eigenvalue weighted by molar-refractivity contribution is 4.83. The highest BCUT2D eigenvalue weighted by Gasteiger charge is 2.31. The van der Waals surface area contributed by atoms with Crippen molar-refractivity contribution in [2.45, 2.75) is 64.2 Å². The van der Waals surface area contributed by atoms with Crippen LogP contribution in [-0.4, -0.2) is 0 Å². The van der Waals surface area contributed by atoms with E-state index in [0.717, 1.165) is 0 Å². The average Bonchev–Trinajstić information content (AvgIpc) is 3.01. The third kappa shape index (κ3) is 1.85. The van der Waals surface area contributed by atoms with Gasteiger partial charge in [0.15, 0.2) is 0 Å². The van der Waals surface area contributed by atoms with Crippen LogP contribution in [0.5, 0.6) is 0 Å². The normalized spacial score (nSPS) is 48.0. The highest BCUT2D eigenvalue weighted by atomic mass is 14.4. The first kappa shape index (κ1) is 9.24. The Morgan fingerprint density at radius 2 is 0.571 bits per heavy atom. The lowest BCUT2D eigenvalue weighted by atomic mass is 10.0. The van der Waals surface area contributed by atoms with E-state index in [1.165, 1.54) is 23.7 Å². The molecule has 0 aromatic heterocycles. The van der Waals surface area contributed by atoms with E-state index in [4.69, 9.17) is 0 Å². The Hall–Kier alpha value is 0. The van der Waals surface area contributed by atoms with E-state index in [0.29, 0.717) is 0 Å². The first-order chi connectivity index (χ1) is 6.90. The fourth-order valence-electron chi connectivity index (χ4n) is 4.35. The summed E-state index contributed by atoms with van der Waals surface area (Å²) in [7, 11) is 0. The van der Waals surface area contributed by atoms with Gasteiger partial charge in [0.2, 0.25) is 0 Å². The van der Waals surface area contributed by atoms with Crippen LogP contribution in [0.25, 0.3) is 0 Å². The number of hydrogen-bond acceptors (Lipinski definition) is 0. The van der Waals surface area contributed by atoms with Gasteiger partial charge in [-0.15, -0.1) is 0 Å². The minimum atomic E-state index is 1.17. The molecule has 4 rings (SSSR count). The van der Waals surface area contributed by atoms with Crippen molar-refractivity contribution in [1.82, 2.24) is 0 Å². The van der Waals surface area contributed by atoms with Crippen molar-refractivity contribution >= 4 is 0 Å². The maximum atomic E-state index is 1.58. The van der Waals surface area contributed by atoms with E-state index in [1.807, 2.05) is 0 Å². The minimum Gasteiger partial charge on any atom is -0.0502 e. The van der Waals surface area contributed by atoms with Crippen molar-refractivity contribution in [3.05, 3.63) is 0 Å². The number of rotatable bonds is 0. The van der Waals surface area contributed by atoms with E-state index in [-0.39, 0.29) is 0 Å². The minimum absolute atomic E-state index is 1.17. The van der Waals surface area contributed by atoms with Crippen molar-refractivity contribution in [1.29, 1.82) is 0 Å². The summed E-state index contributed by atoms with van der Waals surface area (Å²) in [5.74, 6) is 4.69. The summed E-state index contributed by atoms with van der Waals surface area (Å²) < 4.78 is 0. The lowest BCUT2D eigenvalue weighted by Gasteiger charge is -2.05. The van der Waals surface area contributed by atoms with Crippen LogP contribution < -0.4 is 0 Å². The Balaban J connectivity index is 0.0000000914. The van der Waals surface area contributed by atoms with E-state index in [9.17, 15) is 0 Å². The maximum absolute atomic E-state index is 1.58. The molecule has 4 bridgehead atoms. The van der Waals surface area contributed by atoms with Crippen LogP contribution in [0.15, 0.2) is 0 Å². The van der Waals surface area contributed by atoms with E-state index in [2.05, 4.69) is 0 Å². The molecule has 4 saturated carbocycles. The van der Waals surface area contributed by atoms with Crippen LogP contribution in [0.1, 0.15) is 64.2 Å². The van der Waals surface area contributed by atoms with Crippen LogP contribution >= 0.6 is 0 Å². The molecule has 0 N–H and O–H groups in total. The molecule has 0 nitrogen and oxygen atoms in total. The average molecular weight is 192 g/mol.